The van der Waals surface area contributed by atoms with Gasteiger partial charge in [0.25, 0.3) is 5.56 Å². The second-order valence-corrected chi connectivity index (χ2v) is 6.22. The van der Waals surface area contributed by atoms with Crippen LogP contribution in [0, 0.1) is 5.82 Å². The Labute approximate surface area is 141 Å². The number of rotatable bonds is 4. The Kier molecular flexibility index (Phi) is 4.01. The standard InChI is InChI=1S/C14H11F5N4OS/c1-13(16,17)14(18,19)6-22-10(24)7-4-3-5-8(15)9(7)23-11(22)20-21-12(23)25-2/h3-5H,6H2,1-2H3. The fourth-order valence-electron chi connectivity index (χ4n) is 2.40. The molecule has 0 unspecified atom stereocenters. The summed E-state index contributed by atoms with van der Waals surface area (Å²) in [4.78, 5) is 12.5. The number of fused-ring (bicyclic) bond motifs is 3. The van der Waals surface area contributed by atoms with Crippen LogP contribution in [0.2, 0.25) is 0 Å². The van der Waals surface area contributed by atoms with Crippen LogP contribution in [0.1, 0.15) is 6.92 Å². The SMILES string of the molecule is CSc1nnc2n(CC(F)(F)C(C)(F)F)c(=O)c3cccc(F)c3n12. The molecule has 11 heteroatoms. The van der Waals surface area contributed by atoms with E-state index in [-0.39, 0.29) is 23.0 Å². The third-order valence-corrected chi connectivity index (χ3v) is 4.35. The van der Waals surface area contributed by atoms with Gasteiger partial charge in [0.2, 0.25) is 5.78 Å². The number of nitrogens with zero attached hydrogens (tertiary/aromatic N) is 4. The maximum absolute atomic E-state index is 14.2. The van der Waals surface area contributed by atoms with Gasteiger partial charge in [0.05, 0.1) is 17.4 Å². The Balaban J connectivity index is 2.42. The molecule has 134 valence electrons. The molecule has 0 aliphatic rings. The van der Waals surface area contributed by atoms with Crippen molar-refractivity contribution in [1.82, 2.24) is 19.2 Å². The highest BCUT2D eigenvalue weighted by Gasteiger charge is 2.52. The van der Waals surface area contributed by atoms with Crippen LogP contribution in [0.15, 0.2) is 28.2 Å². The molecule has 0 atom stereocenters. The quantitative estimate of drug-likeness (QED) is 0.517. The zero-order valence-electron chi connectivity index (χ0n) is 12.9. The second kappa shape index (κ2) is 5.68. The number of aromatic nitrogens is 4. The molecule has 0 radical (unpaired) electrons. The van der Waals surface area contributed by atoms with E-state index in [0.29, 0.717) is 4.57 Å². The summed E-state index contributed by atoms with van der Waals surface area (Å²) < 4.78 is 69.8. The Morgan fingerprint density at radius 2 is 1.88 bits per heavy atom. The number of benzene rings is 1. The number of halogens is 5. The molecule has 3 aromatic rings. The molecule has 25 heavy (non-hydrogen) atoms. The number of alkyl halides is 4. The third kappa shape index (κ3) is 2.66. The average molecular weight is 378 g/mol. The van der Waals surface area contributed by atoms with Gasteiger partial charge >= 0.3 is 11.8 Å². The van der Waals surface area contributed by atoms with Crippen molar-refractivity contribution in [2.45, 2.75) is 30.5 Å². The van der Waals surface area contributed by atoms with Crippen LogP contribution in [-0.4, -0.2) is 37.3 Å². The maximum Gasteiger partial charge on any atom is 0.327 e. The molecule has 0 saturated carbocycles. The number of hydrogen-bond donors (Lipinski definition) is 0. The molecule has 0 aliphatic heterocycles. The second-order valence-electron chi connectivity index (χ2n) is 5.44. The molecule has 0 bridgehead atoms. The van der Waals surface area contributed by atoms with Crippen molar-refractivity contribution in [3.8, 4) is 0 Å². The van der Waals surface area contributed by atoms with Gasteiger partial charge in [-0.25, -0.2) is 13.2 Å². The van der Waals surface area contributed by atoms with E-state index in [1.807, 2.05) is 0 Å². The first kappa shape index (κ1) is 17.6. The minimum atomic E-state index is -4.51. The summed E-state index contributed by atoms with van der Waals surface area (Å²) >= 11 is 1.04. The van der Waals surface area contributed by atoms with E-state index in [1.165, 1.54) is 12.1 Å². The maximum atomic E-state index is 14.2. The van der Waals surface area contributed by atoms with Crippen molar-refractivity contribution >= 4 is 28.4 Å². The molecule has 3 rings (SSSR count). The van der Waals surface area contributed by atoms with E-state index in [4.69, 9.17) is 0 Å². The van der Waals surface area contributed by atoms with Crippen LogP contribution in [0.3, 0.4) is 0 Å². The number of hydrogen-bond acceptors (Lipinski definition) is 4. The largest absolute Gasteiger partial charge is 0.327 e. The summed E-state index contributed by atoms with van der Waals surface area (Å²) in [5.74, 6) is -10.1. The zero-order valence-corrected chi connectivity index (χ0v) is 13.8. The molecular formula is C14H11F5N4OS. The molecule has 2 heterocycles. The van der Waals surface area contributed by atoms with E-state index >= 15 is 0 Å². The Hall–Kier alpha value is -2.17. The summed E-state index contributed by atoms with van der Waals surface area (Å²) in [5, 5.41) is 7.23. The first-order valence-electron chi connectivity index (χ1n) is 6.94. The molecule has 5 nitrogen and oxygen atoms in total. The van der Waals surface area contributed by atoms with E-state index in [9.17, 15) is 26.7 Å². The molecule has 0 fully saturated rings. The summed E-state index contributed by atoms with van der Waals surface area (Å²) in [6.07, 6.45) is 1.59. The predicted molar refractivity (Wildman–Crippen MR) is 82.1 cm³/mol. The summed E-state index contributed by atoms with van der Waals surface area (Å²) in [7, 11) is 0. The number of para-hydroxylation sites is 1. The number of thioether (sulfide) groups is 1. The highest BCUT2D eigenvalue weighted by atomic mass is 32.2. The van der Waals surface area contributed by atoms with Gasteiger partial charge in [0.1, 0.15) is 5.82 Å². The first-order chi connectivity index (χ1) is 11.6. The van der Waals surface area contributed by atoms with Crippen LogP contribution >= 0.6 is 11.8 Å². The highest BCUT2D eigenvalue weighted by molar-refractivity contribution is 7.98. The molecule has 0 saturated heterocycles. The molecule has 0 aliphatic carbocycles. The van der Waals surface area contributed by atoms with Crippen molar-refractivity contribution in [3.05, 3.63) is 34.4 Å². The van der Waals surface area contributed by atoms with Gasteiger partial charge in [-0.1, -0.05) is 17.8 Å². The molecular weight excluding hydrogens is 367 g/mol. The molecule has 0 N–H and O–H groups in total. The van der Waals surface area contributed by atoms with Crippen LogP contribution in [0.4, 0.5) is 22.0 Å². The summed E-state index contributed by atoms with van der Waals surface area (Å²) in [5.41, 5.74) is -1.24. The first-order valence-corrected chi connectivity index (χ1v) is 8.17. The Morgan fingerprint density at radius 1 is 1.20 bits per heavy atom. The van der Waals surface area contributed by atoms with Crippen LogP contribution < -0.4 is 5.56 Å². The van der Waals surface area contributed by atoms with Gasteiger partial charge < -0.3 is 0 Å². The predicted octanol–water partition coefficient (Wildman–Crippen LogP) is 3.20. The summed E-state index contributed by atoms with van der Waals surface area (Å²) in [6.45, 7) is -1.55. The minimum absolute atomic E-state index is 0.0626. The average Bonchev–Trinajstić information content (AvgIpc) is 2.94. The van der Waals surface area contributed by atoms with E-state index in [0.717, 1.165) is 22.2 Å². The summed E-state index contributed by atoms with van der Waals surface area (Å²) in [6, 6.07) is 3.54. The van der Waals surface area contributed by atoms with Gasteiger partial charge in [0.15, 0.2) is 5.16 Å². The molecule has 1 aromatic carbocycles. The van der Waals surface area contributed by atoms with E-state index < -0.39 is 35.5 Å². The Morgan fingerprint density at radius 3 is 2.48 bits per heavy atom. The fourth-order valence-corrected chi connectivity index (χ4v) is 2.87. The van der Waals surface area contributed by atoms with Gasteiger partial charge in [0, 0.05) is 6.92 Å². The van der Waals surface area contributed by atoms with Crippen molar-refractivity contribution in [1.29, 1.82) is 0 Å². The minimum Gasteiger partial charge on any atom is -0.270 e. The lowest BCUT2D eigenvalue weighted by atomic mass is 10.2. The van der Waals surface area contributed by atoms with Crippen molar-refractivity contribution < 1.29 is 22.0 Å². The topological polar surface area (TPSA) is 52.2 Å². The van der Waals surface area contributed by atoms with Crippen molar-refractivity contribution in [2.24, 2.45) is 0 Å². The smallest absolute Gasteiger partial charge is 0.270 e. The monoisotopic (exact) mass is 378 g/mol. The van der Waals surface area contributed by atoms with E-state index in [1.54, 1.807) is 6.26 Å². The highest BCUT2D eigenvalue weighted by Crippen LogP contribution is 2.35. The zero-order chi connectivity index (χ0) is 18.6. The Bertz CT molecular complexity index is 1020. The van der Waals surface area contributed by atoms with Gasteiger partial charge in [-0.15, -0.1) is 10.2 Å². The lowest BCUT2D eigenvalue weighted by molar-refractivity contribution is -0.204. The van der Waals surface area contributed by atoms with Gasteiger partial charge in [-0.2, -0.15) is 8.78 Å². The van der Waals surface area contributed by atoms with Crippen molar-refractivity contribution in [2.75, 3.05) is 6.26 Å². The van der Waals surface area contributed by atoms with E-state index in [2.05, 4.69) is 10.2 Å². The molecule has 2 aromatic heterocycles. The van der Waals surface area contributed by atoms with Crippen LogP contribution in [0.25, 0.3) is 16.7 Å². The van der Waals surface area contributed by atoms with Gasteiger partial charge in [-0.3, -0.25) is 13.8 Å². The molecule has 0 amide bonds. The lowest BCUT2D eigenvalue weighted by Crippen LogP contribution is -2.44. The van der Waals surface area contributed by atoms with Crippen LogP contribution in [-0.2, 0) is 6.54 Å². The van der Waals surface area contributed by atoms with Crippen LogP contribution in [0.5, 0.6) is 0 Å². The third-order valence-electron chi connectivity index (χ3n) is 3.73. The van der Waals surface area contributed by atoms with Gasteiger partial charge in [-0.05, 0) is 18.4 Å². The molecule has 0 spiro atoms. The fraction of sp³-hybridized carbons (Fsp3) is 0.357. The van der Waals surface area contributed by atoms with Crippen molar-refractivity contribution in [3.63, 3.8) is 0 Å². The lowest BCUT2D eigenvalue weighted by Gasteiger charge is -2.24. The normalized spacial score (nSPS) is 13.1.